The molecule has 17 heteroatoms. The van der Waals surface area contributed by atoms with E-state index in [0.29, 0.717) is 0 Å². The van der Waals surface area contributed by atoms with Crippen LogP contribution in [0.3, 0.4) is 0 Å². The molecule has 0 spiro atoms. The molecule has 146 valence electrons. The first-order valence-electron chi connectivity index (χ1n) is 5.42. The Labute approximate surface area is 196 Å². The van der Waals surface area contributed by atoms with Gasteiger partial charge in [0.2, 0.25) is 0 Å². The average molecular weight is 470 g/mol. The number of aliphatic carboxylic acids is 3. The van der Waals surface area contributed by atoms with Gasteiger partial charge in [0.1, 0.15) is 18.3 Å². The zero-order chi connectivity index (χ0) is 19.7. The molecule has 0 aliphatic carbocycles. The largest absolute Gasteiger partial charge is 3.00 e. The summed E-state index contributed by atoms with van der Waals surface area (Å²) in [4.78, 5) is 28.8. The van der Waals surface area contributed by atoms with Crippen LogP contribution in [0.15, 0.2) is 0 Å². The second kappa shape index (κ2) is 25.6. The summed E-state index contributed by atoms with van der Waals surface area (Å²) in [6, 6.07) is 0. The van der Waals surface area contributed by atoms with Crippen LogP contribution in [0.5, 0.6) is 0 Å². The Balaban J connectivity index is -0.0000000580. The van der Waals surface area contributed by atoms with Crippen LogP contribution in [-0.4, -0.2) is 88.7 Å². The number of carboxylic acid groups (broad SMARTS) is 3. The minimum atomic E-state index is -1.63. The maximum Gasteiger partial charge on any atom is 3.00 e. The maximum absolute atomic E-state index is 9.59. The van der Waals surface area contributed by atoms with Crippen molar-refractivity contribution in [2.24, 2.45) is 0 Å². The fourth-order valence-corrected chi connectivity index (χ4v) is 0.741. The van der Waals surface area contributed by atoms with Gasteiger partial charge in [0, 0.05) is 0 Å². The van der Waals surface area contributed by atoms with E-state index < -0.39 is 56.0 Å². The van der Waals surface area contributed by atoms with E-state index in [9.17, 15) is 29.7 Å². The quantitative estimate of drug-likeness (QED) is 0.269. The molecule has 0 saturated carbocycles. The topological polar surface area (TPSA) is 209 Å². The van der Waals surface area contributed by atoms with E-state index in [-0.39, 0.29) is 48.3 Å². The summed E-state index contributed by atoms with van der Waals surface area (Å²) in [5, 5.41) is 53.5. The van der Waals surface area contributed by atoms with Gasteiger partial charge in [-0.15, -0.1) is 0 Å². The number of hydrogen-bond donors (Lipinski definition) is 3. The minimum Gasteiger partial charge on any atom is -1.00 e. The Morgan fingerprint density at radius 1 is 0.731 bits per heavy atom. The predicted octanol–water partition coefficient (Wildman–Crippen LogP) is -8.46. The Kier molecular flexibility index (Phi) is 36.7. The predicted molar refractivity (Wildman–Crippen MR) is 75.3 cm³/mol. The minimum absolute atomic E-state index is 0. The molecule has 0 radical (unpaired) electrons. The van der Waals surface area contributed by atoms with Gasteiger partial charge in [0.25, 0.3) is 0 Å². The molecular formula is C9H13AlCl3NaO12. The average Bonchev–Trinajstić information content (AvgIpc) is 2.49. The molecule has 0 aromatic carbocycles. The van der Waals surface area contributed by atoms with Gasteiger partial charge < -0.3 is 46.4 Å². The first-order chi connectivity index (χ1) is 11.0. The van der Waals surface area contributed by atoms with Crippen LogP contribution in [0, 0.1) is 0 Å². The molecule has 0 fully saturated rings. The van der Waals surface area contributed by atoms with Crippen LogP contribution >= 0.6 is 35.6 Å². The van der Waals surface area contributed by atoms with Crippen molar-refractivity contribution in [1.29, 1.82) is 0 Å². The summed E-state index contributed by atoms with van der Waals surface area (Å²) in [6.45, 7) is -1.36. The van der Waals surface area contributed by atoms with Gasteiger partial charge in [-0.3, -0.25) is 12.9 Å². The molecule has 0 aromatic rings. The molecule has 3 unspecified atom stereocenters. The summed E-state index contributed by atoms with van der Waals surface area (Å²) >= 11 is 13.8. The van der Waals surface area contributed by atoms with Crippen LogP contribution in [-0.2, 0) is 27.3 Å². The zero-order valence-corrected chi connectivity index (χ0v) is 18.5. The van der Waals surface area contributed by atoms with Crippen LogP contribution < -0.4 is 44.9 Å². The monoisotopic (exact) mass is 468 g/mol. The molecule has 3 atom stereocenters. The van der Waals surface area contributed by atoms with Crippen molar-refractivity contribution in [1.82, 2.24) is 0 Å². The van der Waals surface area contributed by atoms with Crippen molar-refractivity contribution in [3.63, 3.8) is 0 Å². The molecule has 0 bridgehead atoms. The second-order valence-electron chi connectivity index (χ2n) is 3.33. The van der Waals surface area contributed by atoms with Crippen LogP contribution in [0.2, 0.25) is 0 Å². The molecule has 0 rings (SSSR count). The molecule has 3 N–H and O–H groups in total. The van der Waals surface area contributed by atoms with Gasteiger partial charge >= 0.3 is 46.9 Å². The van der Waals surface area contributed by atoms with Crippen molar-refractivity contribution in [3.05, 3.63) is 0 Å². The number of carboxylic acids is 3. The molecule has 0 heterocycles. The summed E-state index contributed by atoms with van der Waals surface area (Å²) in [5.74, 6) is -4.78. The SMILES string of the molecule is O=C([O-])C(O)COCl.O=C([O-])C(O)COCl.O=C([O-])C(O)COCl.[Al+3].[H-].[Na+]. The summed E-state index contributed by atoms with van der Waals surface area (Å²) in [6.07, 6.45) is -4.90. The van der Waals surface area contributed by atoms with Gasteiger partial charge in [0.05, 0.1) is 73.3 Å². The number of aliphatic hydroxyl groups is 3. The second-order valence-corrected chi connectivity index (χ2v) is 3.99. The van der Waals surface area contributed by atoms with Gasteiger partial charge in [-0.05, 0) is 0 Å². The fourth-order valence-electron chi connectivity index (χ4n) is 0.383. The van der Waals surface area contributed by atoms with E-state index in [1.807, 2.05) is 0 Å². The van der Waals surface area contributed by atoms with Crippen LogP contribution in [0.25, 0.3) is 0 Å². The van der Waals surface area contributed by atoms with Gasteiger partial charge in [0.15, 0.2) is 0 Å². The standard InChI is InChI=1S/3C3H5ClO4.Al.Na.H/c3*4-8-1-2(5)3(6)7;;;/h3*2,5H,1H2,(H,6,7);;;/q;;;+3;+1;-1/p-3. The van der Waals surface area contributed by atoms with E-state index in [1.54, 1.807) is 0 Å². The number of hydrogen-bond acceptors (Lipinski definition) is 12. The van der Waals surface area contributed by atoms with Gasteiger partial charge in [-0.25, -0.2) is 0 Å². The van der Waals surface area contributed by atoms with Crippen molar-refractivity contribution in [2.45, 2.75) is 18.3 Å². The van der Waals surface area contributed by atoms with Crippen LogP contribution in [0.1, 0.15) is 1.43 Å². The van der Waals surface area contributed by atoms with E-state index in [0.717, 1.165) is 0 Å². The smallest absolute Gasteiger partial charge is 1.00 e. The summed E-state index contributed by atoms with van der Waals surface area (Å²) in [7, 11) is 0. The van der Waals surface area contributed by atoms with Crippen molar-refractivity contribution < 1.29 is 88.9 Å². The molecule has 0 aromatic heterocycles. The first-order valence-corrected chi connectivity index (χ1v) is 6.34. The summed E-state index contributed by atoms with van der Waals surface area (Å²) in [5.41, 5.74) is 0. The number of rotatable bonds is 9. The molecule has 0 amide bonds. The summed E-state index contributed by atoms with van der Waals surface area (Å²) < 4.78 is 11.3. The van der Waals surface area contributed by atoms with E-state index in [1.165, 1.54) is 0 Å². The Morgan fingerprint density at radius 3 is 0.923 bits per heavy atom. The maximum atomic E-state index is 9.59. The Hall–Kier alpha value is 0.572. The first kappa shape index (κ1) is 37.3. The zero-order valence-electron chi connectivity index (χ0n) is 14.1. The van der Waals surface area contributed by atoms with E-state index >= 15 is 0 Å². The molecular weight excluding hydrogens is 456 g/mol. The fraction of sp³-hybridized carbons (Fsp3) is 0.667. The molecule has 26 heavy (non-hydrogen) atoms. The molecule has 0 saturated heterocycles. The Morgan fingerprint density at radius 2 is 0.885 bits per heavy atom. The number of carbonyl (C=O) groups excluding carboxylic acids is 3. The van der Waals surface area contributed by atoms with E-state index in [2.05, 4.69) is 48.5 Å². The third kappa shape index (κ3) is 29.3. The number of halogens is 3. The van der Waals surface area contributed by atoms with E-state index in [4.69, 9.17) is 15.3 Å². The van der Waals surface area contributed by atoms with Gasteiger partial charge in [-0.2, -0.15) is 0 Å². The number of carbonyl (C=O) groups is 3. The van der Waals surface area contributed by atoms with Crippen molar-refractivity contribution in [2.75, 3.05) is 19.8 Å². The van der Waals surface area contributed by atoms with Gasteiger partial charge in [-0.1, -0.05) is 0 Å². The third-order valence-electron chi connectivity index (χ3n) is 1.48. The normalized spacial score (nSPS) is 12.2. The molecule has 12 nitrogen and oxygen atoms in total. The van der Waals surface area contributed by atoms with Crippen molar-refractivity contribution >= 4 is 70.9 Å². The molecule has 0 aliphatic rings. The van der Waals surface area contributed by atoms with Crippen LogP contribution in [0.4, 0.5) is 0 Å². The number of aliphatic hydroxyl groups excluding tert-OH is 3. The third-order valence-corrected chi connectivity index (χ3v) is 1.86. The molecule has 0 aliphatic heterocycles. The Bertz CT molecular complexity index is 321. The van der Waals surface area contributed by atoms with Crippen molar-refractivity contribution in [3.8, 4) is 0 Å².